The topological polar surface area (TPSA) is 71.7 Å². The average molecular weight is 366 g/mol. The fourth-order valence-electron chi connectivity index (χ4n) is 2.14. The first-order valence-electron chi connectivity index (χ1n) is 8.21. The van der Waals surface area contributed by atoms with Crippen molar-refractivity contribution < 1.29 is 17.9 Å². The third-order valence-corrected chi connectivity index (χ3v) is 3.51. The fraction of sp³-hybridized carbons (Fsp3) is 0.444. The minimum Gasteiger partial charge on any atom is -0.443 e. The first-order valence-corrected chi connectivity index (χ1v) is 8.21. The molecule has 0 saturated carbocycles. The lowest BCUT2D eigenvalue weighted by atomic mass is 9.94. The number of aromatic nitrogens is 1. The molecule has 2 N–H and O–H groups in total. The Kier molecular flexibility index (Phi) is 6.54. The normalized spacial score (nSPS) is 12.3. The molecule has 0 bridgehead atoms. The number of halogens is 2. The lowest BCUT2D eigenvalue weighted by molar-refractivity contribution is -0.0498. The van der Waals surface area contributed by atoms with Crippen LogP contribution in [0, 0.1) is 0 Å². The van der Waals surface area contributed by atoms with Gasteiger partial charge in [-0.2, -0.15) is 8.78 Å². The van der Waals surface area contributed by atoms with E-state index >= 15 is 0 Å². The monoisotopic (exact) mass is 366 g/mol. The summed E-state index contributed by atoms with van der Waals surface area (Å²) in [7, 11) is 1.64. The maximum absolute atomic E-state index is 12.3. The van der Waals surface area contributed by atoms with Gasteiger partial charge in [-0.15, -0.1) is 0 Å². The first kappa shape index (κ1) is 19.7. The molecular formula is C18H24F2N4O2. The Labute approximate surface area is 151 Å². The van der Waals surface area contributed by atoms with Crippen LogP contribution in [0.4, 0.5) is 8.78 Å². The highest BCUT2D eigenvalue weighted by Crippen LogP contribution is 2.22. The third-order valence-electron chi connectivity index (χ3n) is 3.51. The molecule has 0 unspecified atom stereocenters. The van der Waals surface area contributed by atoms with E-state index < -0.39 is 6.61 Å². The quantitative estimate of drug-likeness (QED) is 0.605. The van der Waals surface area contributed by atoms with Gasteiger partial charge in [-0.05, 0) is 17.7 Å². The van der Waals surface area contributed by atoms with Crippen LogP contribution in [-0.4, -0.2) is 24.6 Å². The van der Waals surface area contributed by atoms with Crippen LogP contribution < -0.4 is 15.4 Å². The highest BCUT2D eigenvalue weighted by Gasteiger charge is 2.19. The van der Waals surface area contributed by atoms with Gasteiger partial charge in [0.15, 0.2) is 5.96 Å². The minimum absolute atomic E-state index is 0.101. The highest BCUT2D eigenvalue weighted by molar-refractivity contribution is 5.79. The summed E-state index contributed by atoms with van der Waals surface area (Å²) in [5.41, 5.74) is 0.688. The summed E-state index contributed by atoms with van der Waals surface area (Å²) in [6.07, 6.45) is 1.72. The summed E-state index contributed by atoms with van der Waals surface area (Å²) in [6.45, 7) is 4.10. The Morgan fingerprint density at radius 2 is 2.00 bits per heavy atom. The van der Waals surface area contributed by atoms with E-state index in [1.54, 1.807) is 25.4 Å². The molecule has 1 aromatic heterocycles. The van der Waals surface area contributed by atoms with Gasteiger partial charge in [0, 0.05) is 19.0 Å². The van der Waals surface area contributed by atoms with Crippen molar-refractivity contribution in [1.82, 2.24) is 15.6 Å². The maximum atomic E-state index is 12.3. The van der Waals surface area contributed by atoms with Crippen LogP contribution in [0.2, 0.25) is 0 Å². The predicted molar refractivity (Wildman–Crippen MR) is 95.3 cm³/mol. The highest BCUT2D eigenvalue weighted by atomic mass is 19.3. The number of ether oxygens (including phenoxy) is 1. The Bertz CT molecular complexity index is 739. The van der Waals surface area contributed by atoms with Crippen molar-refractivity contribution in [3.8, 4) is 5.75 Å². The standard InChI is InChI=1S/C18H24F2N4O2/c1-18(2,3)14-10-22-15(26-14)11-24-17(21-4)23-9-12-6-5-7-13(8-12)25-16(19)20/h5-8,10,16H,9,11H2,1-4H3,(H2,21,23,24). The molecule has 26 heavy (non-hydrogen) atoms. The summed E-state index contributed by atoms with van der Waals surface area (Å²) >= 11 is 0. The Hall–Kier alpha value is -2.64. The van der Waals surface area contributed by atoms with E-state index in [4.69, 9.17) is 4.42 Å². The van der Waals surface area contributed by atoms with Gasteiger partial charge in [-0.25, -0.2) is 4.98 Å². The van der Waals surface area contributed by atoms with E-state index in [0.29, 0.717) is 24.9 Å². The van der Waals surface area contributed by atoms with Crippen molar-refractivity contribution in [1.29, 1.82) is 0 Å². The largest absolute Gasteiger partial charge is 0.443 e. The van der Waals surface area contributed by atoms with Crippen LogP contribution in [0.3, 0.4) is 0 Å². The fourth-order valence-corrected chi connectivity index (χ4v) is 2.14. The Balaban J connectivity index is 1.87. The second kappa shape index (κ2) is 8.64. The zero-order chi connectivity index (χ0) is 19.2. The van der Waals surface area contributed by atoms with Gasteiger partial charge in [0.25, 0.3) is 0 Å². The second-order valence-corrected chi connectivity index (χ2v) is 6.67. The predicted octanol–water partition coefficient (Wildman–Crippen LogP) is 3.44. The van der Waals surface area contributed by atoms with E-state index in [1.165, 1.54) is 6.07 Å². The summed E-state index contributed by atoms with van der Waals surface area (Å²) in [5.74, 6) is 2.04. The van der Waals surface area contributed by atoms with Crippen LogP contribution in [0.1, 0.15) is 38.0 Å². The lowest BCUT2D eigenvalue weighted by Gasteiger charge is -2.13. The second-order valence-electron chi connectivity index (χ2n) is 6.67. The summed E-state index contributed by atoms with van der Waals surface area (Å²) in [4.78, 5) is 8.37. The van der Waals surface area contributed by atoms with Crippen molar-refractivity contribution in [2.45, 2.75) is 45.9 Å². The molecule has 0 aliphatic carbocycles. The molecule has 0 atom stereocenters. The molecule has 2 rings (SSSR count). The molecule has 0 radical (unpaired) electrons. The van der Waals surface area contributed by atoms with E-state index in [1.807, 2.05) is 6.07 Å². The number of nitrogens with one attached hydrogen (secondary N) is 2. The van der Waals surface area contributed by atoms with Crippen molar-refractivity contribution in [3.63, 3.8) is 0 Å². The summed E-state index contributed by atoms with van der Waals surface area (Å²) in [5, 5.41) is 6.20. The van der Waals surface area contributed by atoms with Crippen LogP contribution in [-0.2, 0) is 18.5 Å². The molecule has 0 aliphatic rings. The zero-order valence-electron chi connectivity index (χ0n) is 15.3. The third kappa shape index (κ3) is 6.02. The van der Waals surface area contributed by atoms with Gasteiger partial charge in [0.2, 0.25) is 5.89 Å². The molecule has 1 aromatic carbocycles. The van der Waals surface area contributed by atoms with E-state index in [2.05, 4.69) is 46.1 Å². The molecule has 0 aliphatic heterocycles. The number of benzene rings is 1. The first-order chi connectivity index (χ1) is 12.3. The van der Waals surface area contributed by atoms with Gasteiger partial charge < -0.3 is 19.8 Å². The average Bonchev–Trinajstić information content (AvgIpc) is 3.04. The molecule has 0 fully saturated rings. The van der Waals surface area contributed by atoms with Gasteiger partial charge in [-0.3, -0.25) is 4.99 Å². The molecule has 0 amide bonds. The van der Waals surface area contributed by atoms with Gasteiger partial charge in [0.05, 0.1) is 12.7 Å². The number of hydrogen-bond acceptors (Lipinski definition) is 4. The molecule has 2 aromatic rings. The van der Waals surface area contributed by atoms with E-state index in [9.17, 15) is 8.78 Å². The van der Waals surface area contributed by atoms with Crippen molar-refractivity contribution in [3.05, 3.63) is 47.7 Å². The number of aliphatic imine (C=N–C) groups is 1. The van der Waals surface area contributed by atoms with Gasteiger partial charge in [0.1, 0.15) is 11.5 Å². The Morgan fingerprint density at radius 3 is 2.62 bits per heavy atom. The SMILES string of the molecule is CN=C(NCc1cccc(OC(F)F)c1)NCc1ncc(C(C)(C)C)o1. The number of alkyl halides is 2. The number of oxazole rings is 1. The van der Waals surface area contributed by atoms with Crippen LogP contribution in [0.15, 0.2) is 39.9 Å². The number of guanidine groups is 1. The Morgan fingerprint density at radius 1 is 1.27 bits per heavy atom. The zero-order valence-corrected chi connectivity index (χ0v) is 15.3. The van der Waals surface area contributed by atoms with E-state index in [0.717, 1.165) is 11.3 Å². The summed E-state index contributed by atoms with van der Waals surface area (Å²) < 4.78 is 34.7. The number of rotatable bonds is 6. The van der Waals surface area contributed by atoms with Gasteiger partial charge in [-0.1, -0.05) is 32.9 Å². The van der Waals surface area contributed by atoms with Crippen LogP contribution in [0.5, 0.6) is 5.75 Å². The van der Waals surface area contributed by atoms with Crippen molar-refractivity contribution >= 4 is 5.96 Å². The molecular weight excluding hydrogens is 342 g/mol. The van der Waals surface area contributed by atoms with Crippen LogP contribution >= 0.6 is 0 Å². The molecule has 0 saturated heterocycles. The van der Waals surface area contributed by atoms with Crippen molar-refractivity contribution in [2.24, 2.45) is 4.99 Å². The summed E-state index contributed by atoms with van der Waals surface area (Å²) in [6, 6.07) is 6.50. The smallest absolute Gasteiger partial charge is 0.387 e. The maximum Gasteiger partial charge on any atom is 0.387 e. The number of hydrogen-bond donors (Lipinski definition) is 2. The molecule has 8 heteroatoms. The minimum atomic E-state index is -2.84. The van der Waals surface area contributed by atoms with Crippen molar-refractivity contribution in [2.75, 3.05) is 7.05 Å². The molecule has 142 valence electrons. The molecule has 6 nitrogen and oxygen atoms in total. The molecule has 1 heterocycles. The van der Waals surface area contributed by atoms with E-state index in [-0.39, 0.29) is 11.2 Å². The van der Waals surface area contributed by atoms with Crippen LogP contribution in [0.25, 0.3) is 0 Å². The number of nitrogens with zero attached hydrogens (tertiary/aromatic N) is 2. The lowest BCUT2D eigenvalue weighted by Crippen LogP contribution is -2.36. The van der Waals surface area contributed by atoms with Gasteiger partial charge >= 0.3 is 6.61 Å². The molecule has 0 spiro atoms.